The maximum atomic E-state index is 12.6. The number of carbonyl (C=O) groups is 6. The summed E-state index contributed by atoms with van der Waals surface area (Å²) in [5, 5.41) is 28.0. The quantitative estimate of drug-likeness (QED) is 0.0194. The highest BCUT2D eigenvalue weighted by molar-refractivity contribution is 5.76. The molecule has 0 saturated carbocycles. The number of nitrogens with one attached hydrogen (secondary N) is 2. The minimum absolute atomic E-state index is 0.141. The number of ether oxygens (including phenoxy) is 4. The molecule has 0 aromatic heterocycles. The Morgan fingerprint density at radius 3 is 0.939 bits per heavy atom. The number of esters is 4. The molecule has 4 N–H and O–H groups in total. The van der Waals surface area contributed by atoms with E-state index in [1.807, 2.05) is 42.3 Å². The number of aliphatic hydroxyl groups is 2. The van der Waals surface area contributed by atoms with Gasteiger partial charge in [-0.25, -0.2) is 0 Å². The molecule has 0 fully saturated rings. The molecule has 0 rings (SSSR count). The second-order valence-electron chi connectivity index (χ2n) is 25.6. The molecule has 0 aliphatic carbocycles. The monoisotopic (exact) mass is 1170 g/mol. The van der Waals surface area contributed by atoms with Gasteiger partial charge in [0, 0.05) is 51.6 Å². The van der Waals surface area contributed by atoms with Gasteiger partial charge in [0.25, 0.3) is 0 Å². The molecule has 2 amide bonds. The van der Waals surface area contributed by atoms with Gasteiger partial charge in [-0.1, -0.05) is 168 Å². The number of hydrogen-bond acceptors (Lipinski definition) is 12. The third-order valence-electron chi connectivity index (χ3n) is 15.2. The van der Waals surface area contributed by atoms with Gasteiger partial charge in [-0.15, -0.1) is 0 Å². The summed E-state index contributed by atoms with van der Waals surface area (Å²) < 4.78 is 23.4. The molecule has 82 heavy (non-hydrogen) atoms. The molecule has 0 saturated heterocycles. The van der Waals surface area contributed by atoms with Crippen LogP contribution in [0.25, 0.3) is 0 Å². The minimum atomic E-state index is -0.677. The van der Waals surface area contributed by atoms with Crippen molar-refractivity contribution >= 4 is 35.7 Å². The van der Waals surface area contributed by atoms with Gasteiger partial charge in [-0.3, -0.25) is 28.8 Å². The molecule has 16 heteroatoms. The Kier molecular flexibility index (Phi) is 51.0. The van der Waals surface area contributed by atoms with Gasteiger partial charge < -0.3 is 48.8 Å². The highest BCUT2D eigenvalue weighted by atomic mass is 16.6. The van der Waals surface area contributed by atoms with Crippen molar-refractivity contribution in [2.75, 3.05) is 81.7 Å². The van der Waals surface area contributed by atoms with Crippen LogP contribution in [0.3, 0.4) is 0 Å². The zero-order chi connectivity index (χ0) is 61.0. The van der Waals surface area contributed by atoms with E-state index in [0.29, 0.717) is 73.5 Å². The second-order valence-corrected chi connectivity index (χ2v) is 25.6. The van der Waals surface area contributed by atoms with E-state index in [9.17, 15) is 39.0 Å². The third-order valence-corrected chi connectivity index (χ3v) is 15.2. The summed E-state index contributed by atoms with van der Waals surface area (Å²) >= 11 is 0. The second kappa shape index (κ2) is 53.2. The lowest BCUT2D eigenvalue weighted by Gasteiger charge is -2.23. The maximum absolute atomic E-state index is 12.6. The van der Waals surface area contributed by atoms with Crippen molar-refractivity contribution in [3.8, 4) is 0 Å². The fourth-order valence-electron chi connectivity index (χ4n) is 9.79. The fraction of sp³-hybridized carbons (Fsp3) is 0.909. The lowest BCUT2D eigenvalue weighted by atomic mass is 9.99. The van der Waals surface area contributed by atoms with E-state index in [0.717, 1.165) is 193 Å². The molecule has 4 atom stereocenters. The molecule has 0 aromatic carbocycles. The predicted octanol–water partition coefficient (Wildman–Crippen LogP) is 12.7. The number of likely N-dealkylation sites (N-methyl/N-ethyl adjacent to an activating group) is 2. The van der Waals surface area contributed by atoms with Gasteiger partial charge in [-0.2, -0.15) is 0 Å². The molecule has 4 unspecified atom stereocenters. The average Bonchev–Trinajstić information content (AvgIpc) is 3.41. The van der Waals surface area contributed by atoms with Gasteiger partial charge in [0.2, 0.25) is 11.8 Å². The van der Waals surface area contributed by atoms with Crippen molar-refractivity contribution in [3.63, 3.8) is 0 Å². The van der Waals surface area contributed by atoms with Crippen LogP contribution in [0.15, 0.2) is 0 Å². The Morgan fingerprint density at radius 2 is 0.622 bits per heavy atom. The van der Waals surface area contributed by atoms with E-state index in [-0.39, 0.29) is 61.4 Å². The molecule has 0 heterocycles. The molecule has 16 nitrogen and oxygen atoms in total. The summed E-state index contributed by atoms with van der Waals surface area (Å²) in [5.74, 6) is -0.995. The van der Waals surface area contributed by atoms with E-state index in [4.69, 9.17) is 18.9 Å². The van der Waals surface area contributed by atoms with Crippen LogP contribution in [0.4, 0.5) is 0 Å². The first-order valence-corrected chi connectivity index (χ1v) is 33.5. The van der Waals surface area contributed by atoms with Gasteiger partial charge in [0.1, 0.15) is 38.5 Å². The van der Waals surface area contributed by atoms with Crippen molar-refractivity contribution in [3.05, 3.63) is 0 Å². The van der Waals surface area contributed by atoms with Gasteiger partial charge in [0.05, 0.1) is 54.5 Å². The van der Waals surface area contributed by atoms with Crippen LogP contribution in [-0.4, -0.2) is 161 Å². The SMILES string of the molecule is CCCCCC(OC(=O)CCCC(=O)OCC[N+](C)(C)C)C(O)CCCCCCCCCCC(=O)NCCCCCCCCCCNC(=O)CCCCCCCCCCC(O)C(CCCCC)OC(=O)CCCC(=O)OCC[N+](C)(C)C. The van der Waals surface area contributed by atoms with E-state index in [1.165, 1.54) is 25.7 Å². The van der Waals surface area contributed by atoms with Crippen molar-refractivity contribution < 1.29 is 66.9 Å². The van der Waals surface area contributed by atoms with E-state index in [2.05, 4.69) is 24.5 Å². The maximum Gasteiger partial charge on any atom is 0.306 e. The number of quaternary nitrogens is 2. The first kappa shape index (κ1) is 78.7. The summed E-state index contributed by atoms with van der Waals surface area (Å²) in [5.41, 5.74) is 0. The molecule has 482 valence electrons. The van der Waals surface area contributed by atoms with Crippen molar-refractivity contribution in [2.45, 2.75) is 308 Å². The Hall–Kier alpha value is -3.34. The van der Waals surface area contributed by atoms with Crippen molar-refractivity contribution in [1.82, 2.24) is 10.6 Å². The van der Waals surface area contributed by atoms with Crippen molar-refractivity contribution in [1.29, 1.82) is 0 Å². The lowest BCUT2D eigenvalue weighted by Crippen LogP contribution is -2.38. The summed E-state index contributed by atoms with van der Waals surface area (Å²) in [6.07, 6.45) is 34.7. The number of aliphatic hydroxyl groups excluding tert-OH is 2. The number of rotatable bonds is 59. The molecule has 0 aliphatic heterocycles. The molecular formula is C66H128N4O12+2. The molecule has 0 bridgehead atoms. The highest BCUT2D eigenvalue weighted by Crippen LogP contribution is 2.21. The lowest BCUT2D eigenvalue weighted by molar-refractivity contribution is -0.870. The van der Waals surface area contributed by atoms with E-state index in [1.54, 1.807) is 0 Å². The summed E-state index contributed by atoms with van der Waals surface area (Å²) in [6, 6.07) is 0. The van der Waals surface area contributed by atoms with E-state index >= 15 is 0 Å². The zero-order valence-electron chi connectivity index (χ0n) is 54.1. The van der Waals surface area contributed by atoms with Crippen LogP contribution in [0, 0.1) is 0 Å². The molecule has 0 spiro atoms. The normalized spacial score (nSPS) is 13.2. The standard InChI is InChI=1S/C66H126N4O12/c1-9-11-31-43-59(81-65(77)49-39-47-63(75)79-55-53-69(3,4)5)57(71)41-33-25-19-13-15-21-27-35-45-61(73)67-51-37-29-23-17-18-24-30-38-52-68-62(74)46-36-28-22-16-14-20-26-34-42-58(72)60(44-32-12-10-2)82-66(78)50-40-48-64(76)80-56-54-70(6,7)8/h57-60,71-72H,9-56H2,1-8H3/p+2. The Balaban J connectivity index is 3.80. The summed E-state index contributed by atoms with van der Waals surface area (Å²) in [7, 11) is 12.2. The fourth-order valence-corrected chi connectivity index (χ4v) is 9.79. The number of nitrogens with zero attached hydrogens (tertiary/aromatic N) is 2. The van der Waals surface area contributed by atoms with E-state index < -0.39 is 24.4 Å². The summed E-state index contributed by atoms with van der Waals surface area (Å²) in [4.78, 5) is 73.9. The van der Waals surface area contributed by atoms with Gasteiger partial charge in [-0.05, 0) is 77.0 Å². The molecule has 0 aromatic rings. The van der Waals surface area contributed by atoms with Gasteiger partial charge >= 0.3 is 23.9 Å². The topological polar surface area (TPSA) is 204 Å². The first-order valence-electron chi connectivity index (χ1n) is 33.5. The molecular weight excluding hydrogens is 1040 g/mol. The Labute approximate surface area is 501 Å². The number of amides is 2. The Bertz CT molecular complexity index is 1470. The first-order chi connectivity index (χ1) is 39.3. The number of unbranched alkanes of at least 4 members (excludes halogenated alkanes) is 25. The van der Waals surface area contributed by atoms with Crippen LogP contribution < -0.4 is 10.6 Å². The predicted molar refractivity (Wildman–Crippen MR) is 331 cm³/mol. The van der Waals surface area contributed by atoms with Crippen LogP contribution >= 0.6 is 0 Å². The minimum Gasteiger partial charge on any atom is -0.460 e. The van der Waals surface area contributed by atoms with Gasteiger partial charge in [0.15, 0.2) is 0 Å². The summed E-state index contributed by atoms with van der Waals surface area (Å²) in [6.45, 7) is 7.94. The largest absolute Gasteiger partial charge is 0.460 e. The number of hydrogen-bond donors (Lipinski definition) is 4. The van der Waals surface area contributed by atoms with Crippen LogP contribution in [0.5, 0.6) is 0 Å². The molecule has 0 aliphatic rings. The van der Waals surface area contributed by atoms with Crippen LogP contribution in [0.2, 0.25) is 0 Å². The number of carbonyl (C=O) groups excluding carboxylic acids is 6. The third kappa shape index (κ3) is 54.6. The molecule has 0 radical (unpaired) electrons. The van der Waals surface area contributed by atoms with Crippen LogP contribution in [-0.2, 0) is 47.7 Å². The smallest absolute Gasteiger partial charge is 0.306 e. The van der Waals surface area contributed by atoms with Crippen LogP contribution in [0.1, 0.15) is 284 Å². The Morgan fingerprint density at radius 1 is 0.341 bits per heavy atom. The highest BCUT2D eigenvalue weighted by Gasteiger charge is 2.25. The van der Waals surface area contributed by atoms with Crippen molar-refractivity contribution in [2.24, 2.45) is 0 Å². The zero-order valence-corrected chi connectivity index (χ0v) is 54.1. The average molecular weight is 1170 g/mol.